The number of carbonyl (C=O) groups is 1. The van der Waals surface area contributed by atoms with E-state index in [2.05, 4.69) is 0 Å². The average molecular weight is 390 g/mol. The van der Waals surface area contributed by atoms with E-state index in [4.69, 9.17) is 43.1 Å². The Morgan fingerprint density at radius 3 is 2.76 bits per heavy atom. The Morgan fingerprint density at radius 2 is 2.16 bits per heavy atom. The summed E-state index contributed by atoms with van der Waals surface area (Å²) >= 11 is 12.1. The summed E-state index contributed by atoms with van der Waals surface area (Å²) < 4.78 is 16.5. The fourth-order valence-electron chi connectivity index (χ4n) is 2.89. The predicted octanol–water partition coefficient (Wildman–Crippen LogP) is 3.55. The van der Waals surface area contributed by atoms with Crippen molar-refractivity contribution in [3.63, 3.8) is 0 Å². The molecule has 1 aromatic carbocycles. The second-order valence-corrected chi connectivity index (χ2v) is 6.98. The molecule has 5 nitrogen and oxygen atoms in total. The molecule has 1 saturated heterocycles. The summed E-state index contributed by atoms with van der Waals surface area (Å²) in [6.45, 7) is 1.02. The molecule has 0 aromatic heterocycles. The van der Waals surface area contributed by atoms with Crippen molar-refractivity contribution in [3.8, 4) is 0 Å². The first-order valence-electron chi connectivity index (χ1n) is 8.48. The van der Waals surface area contributed by atoms with Crippen molar-refractivity contribution in [1.82, 2.24) is 0 Å². The van der Waals surface area contributed by atoms with Gasteiger partial charge in [-0.25, -0.2) is 0 Å². The third-order valence-corrected chi connectivity index (χ3v) is 5.04. The highest BCUT2D eigenvalue weighted by atomic mass is 35.5. The second kappa shape index (κ2) is 10.5. The monoisotopic (exact) mass is 389 g/mol. The smallest absolute Gasteiger partial charge is 0.187 e. The van der Waals surface area contributed by atoms with Crippen LogP contribution in [0.1, 0.15) is 37.2 Å². The summed E-state index contributed by atoms with van der Waals surface area (Å²) in [5, 5.41) is 0.953. The molecule has 1 heterocycles. The number of rotatable bonds is 9. The van der Waals surface area contributed by atoms with Crippen LogP contribution in [-0.2, 0) is 19.0 Å². The Hall–Kier alpha value is -0.690. The van der Waals surface area contributed by atoms with E-state index in [-0.39, 0.29) is 24.6 Å². The SMILES string of the molecule is COCC(=O)C(CC(CN)c1ccc(Cl)c(Cl)c1)OC1CCCCO1. The van der Waals surface area contributed by atoms with Crippen LogP contribution in [0.2, 0.25) is 10.0 Å². The van der Waals surface area contributed by atoms with Gasteiger partial charge in [0, 0.05) is 13.7 Å². The maximum Gasteiger partial charge on any atom is 0.187 e. The molecular weight excluding hydrogens is 365 g/mol. The van der Waals surface area contributed by atoms with Crippen molar-refractivity contribution in [3.05, 3.63) is 33.8 Å². The van der Waals surface area contributed by atoms with Crippen LogP contribution in [-0.4, -0.2) is 45.0 Å². The van der Waals surface area contributed by atoms with Gasteiger partial charge < -0.3 is 19.9 Å². The van der Waals surface area contributed by atoms with Gasteiger partial charge in [-0.1, -0.05) is 29.3 Å². The lowest BCUT2D eigenvalue weighted by Gasteiger charge is -2.29. The third-order valence-electron chi connectivity index (χ3n) is 4.30. The summed E-state index contributed by atoms with van der Waals surface area (Å²) in [5.74, 6) is -0.195. The summed E-state index contributed by atoms with van der Waals surface area (Å²) in [4.78, 5) is 12.4. The second-order valence-electron chi connectivity index (χ2n) is 6.16. The number of hydrogen-bond donors (Lipinski definition) is 1. The molecule has 7 heteroatoms. The largest absolute Gasteiger partial charge is 0.377 e. The van der Waals surface area contributed by atoms with Gasteiger partial charge in [-0.2, -0.15) is 0 Å². The van der Waals surface area contributed by atoms with Crippen LogP contribution in [0.5, 0.6) is 0 Å². The minimum atomic E-state index is -0.633. The zero-order chi connectivity index (χ0) is 18.2. The van der Waals surface area contributed by atoms with Crippen molar-refractivity contribution in [2.45, 2.75) is 44.0 Å². The Morgan fingerprint density at radius 1 is 1.36 bits per heavy atom. The van der Waals surface area contributed by atoms with E-state index in [0.717, 1.165) is 24.8 Å². The van der Waals surface area contributed by atoms with Crippen LogP contribution in [0.4, 0.5) is 0 Å². The van der Waals surface area contributed by atoms with Crippen molar-refractivity contribution in [1.29, 1.82) is 0 Å². The molecule has 25 heavy (non-hydrogen) atoms. The molecule has 0 amide bonds. The van der Waals surface area contributed by atoms with Gasteiger partial charge in [-0.15, -0.1) is 0 Å². The number of nitrogens with two attached hydrogens (primary N) is 1. The molecule has 1 aromatic rings. The summed E-state index contributed by atoms with van der Waals surface area (Å²) in [7, 11) is 1.49. The quantitative estimate of drug-likeness (QED) is 0.698. The van der Waals surface area contributed by atoms with Crippen molar-refractivity contribution in [2.24, 2.45) is 5.73 Å². The average Bonchev–Trinajstić information content (AvgIpc) is 2.62. The van der Waals surface area contributed by atoms with Crippen LogP contribution in [0.15, 0.2) is 18.2 Å². The van der Waals surface area contributed by atoms with Gasteiger partial charge >= 0.3 is 0 Å². The van der Waals surface area contributed by atoms with E-state index in [9.17, 15) is 4.79 Å². The Kier molecular flexibility index (Phi) is 8.62. The van der Waals surface area contributed by atoms with Crippen LogP contribution in [0.3, 0.4) is 0 Å². The molecule has 0 saturated carbocycles. The topological polar surface area (TPSA) is 70.8 Å². The number of ketones is 1. The molecule has 0 aliphatic carbocycles. The van der Waals surface area contributed by atoms with Crippen LogP contribution in [0, 0.1) is 0 Å². The summed E-state index contributed by atoms with van der Waals surface area (Å²) in [6, 6.07) is 5.40. The maximum absolute atomic E-state index is 12.4. The van der Waals surface area contributed by atoms with Gasteiger partial charge in [0.25, 0.3) is 0 Å². The molecule has 0 bridgehead atoms. The Labute approximate surface area is 158 Å². The van der Waals surface area contributed by atoms with Crippen LogP contribution in [0.25, 0.3) is 0 Å². The minimum Gasteiger partial charge on any atom is -0.377 e. The fraction of sp³-hybridized carbons (Fsp3) is 0.611. The number of halogens is 2. The normalized spacial score (nSPS) is 20.2. The maximum atomic E-state index is 12.4. The lowest BCUT2D eigenvalue weighted by atomic mass is 9.91. The first-order chi connectivity index (χ1) is 12.0. The summed E-state index contributed by atoms with van der Waals surface area (Å²) in [6.07, 6.45) is 2.29. The molecule has 1 aliphatic heterocycles. The number of carbonyl (C=O) groups excluding carboxylic acids is 1. The van der Waals surface area contributed by atoms with Crippen LogP contribution >= 0.6 is 23.2 Å². The lowest BCUT2D eigenvalue weighted by molar-refractivity contribution is -0.194. The van der Waals surface area contributed by atoms with Gasteiger partial charge in [0.2, 0.25) is 0 Å². The molecule has 0 radical (unpaired) electrons. The zero-order valence-corrected chi connectivity index (χ0v) is 15.9. The number of benzene rings is 1. The van der Waals surface area contributed by atoms with Crippen molar-refractivity contribution < 1.29 is 19.0 Å². The van der Waals surface area contributed by atoms with E-state index in [1.807, 2.05) is 6.07 Å². The molecule has 1 fully saturated rings. The predicted molar refractivity (Wildman–Crippen MR) is 98.2 cm³/mol. The highest BCUT2D eigenvalue weighted by molar-refractivity contribution is 6.42. The van der Waals surface area contributed by atoms with Crippen molar-refractivity contribution >= 4 is 29.0 Å². The van der Waals surface area contributed by atoms with Gasteiger partial charge in [-0.05, 0) is 55.8 Å². The molecule has 0 spiro atoms. The molecule has 140 valence electrons. The number of methoxy groups -OCH3 is 1. The lowest BCUT2D eigenvalue weighted by Crippen LogP contribution is -2.36. The van der Waals surface area contributed by atoms with Gasteiger partial charge in [-0.3, -0.25) is 4.79 Å². The van der Waals surface area contributed by atoms with E-state index in [0.29, 0.717) is 29.6 Å². The Bertz CT molecular complexity index is 564. The molecule has 2 rings (SSSR count). The van der Waals surface area contributed by atoms with E-state index in [1.54, 1.807) is 12.1 Å². The van der Waals surface area contributed by atoms with Gasteiger partial charge in [0.15, 0.2) is 12.1 Å². The highest BCUT2D eigenvalue weighted by Crippen LogP contribution is 2.30. The molecule has 3 unspecified atom stereocenters. The fourth-order valence-corrected chi connectivity index (χ4v) is 3.20. The molecule has 2 N–H and O–H groups in total. The number of Topliss-reactive ketones (excluding diaryl/α,β-unsaturated/α-hetero) is 1. The van der Waals surface area contributed by atoms with Crippen molar-refractivity contribution in [2.75, 3.05) is 26.9 Å². The van der Waals surface area contributed by atoms with E-state index in [1.165, 1.54) is 7.11 Å². The summed E-state index contributed by atoms with van der Waals surface area (Å²) in [5.41, 5.74) is 6.87. The number of hydrogen-bond acceptors (Lipinski definition) is 5. The van der Waals surface area contributed by atoms with Crippen LogP contribution < -0.4 is 5.73 Å². The first kappa shape index (κ1) is 20.6. The first-order valence-corrected chi connectivity index (χ1v) is 9.24. The zero-order valence-electron chi connectivity index (χ0n) is 14.4. The van der Waals surface area contributed by atoms with E-state index >= 15 is 0 Å². The van der Waals surface area contributed by atoms with Gasteiger partial charge in [0.05, 0.1) is 10.0 Å². The standard InChI is InChI=1S/C18H25Cl2NO4/c1-23-11-16(22)17(25-18-4-2-3-7-24-18)9-13(10-21)12-5-6-14(19)15(20)8-12/h5-6,8,13,17-18H,2-4,7,9-11,21H2,1H3. The third kappa shape index (κ3) is 6.20. The Balaban J connectivity index is 2.11. The molecular formula is C18H25Cl2NO4. The highest BCUT2D eigenvalue weighted by Gasteiger charge is 2.28. The minimum absolute atomic E-state index is 0.00392. The molecule has 1 aliphatic rings. The number of ether oxygens (including phenoxy) is 3. The van der Waals surface area contributed by atoms with E-state index < -0.39 is 6.10 Å². The molecule has 3 atom stereocenters. The van der Waals surface area contributed by atoms with Gasteiger partial charge in [0.1, 0.15) is 12.7 Å².